The molecule has 0 saturated heterocycles. The molecule has 1 rings (SSSR count). The minimum Gasteiger partial charge on any atom is -0.494 e. The van der Waals surface area contributed by atoms with E-state index in [0.717, 1.165) is 22.1 Å². The molecule has 0 spiro atoms. The summed E-state index contributed by atoms with van der Waals surface area (Å²) in [6, 6.07) is 5.71. The Morgan fingerprint density at radius 3 is 2.93 bits per heavy atom. The normalized spacial score (nSPS) is 9.20. The van der Waals surface area contributed by atoms with Crippen molar-refractivity contribution < 1.29 is 4.74 Å². The lowest BCUT2D eigenvalue weighted by Crippen LogP contribution is -1.94. The van der Waals surface area contributed by atoms with Gasteiger partial charge in [-0.1, -0.05) is 5.92 Å². The number of nitrogens with two attached hydrogens (primary N) is 1. The molecular weight excluding hydrogens is 206 g/mol. The van der Waals surface area contributed by atoms with Gasteiger partial charge in [0, 0.05) is 10.6 Å². The summed E-state index contributed by atoms with van der Waals surface area (Å²) in [7, 11) is 0. The van der Waals surface area contributed by atoms with E-state index in [9.17, 15) is 0 Å². The summed E-state index contributed by atoms with van der Waals surface area (Å²) in [6.45, 7) is 4.47. The van der Waals surface area contributed by atoms with Gasteiger partial charge in [0.25, 0.3) is 0 Å². The second kappa shape index (κ2) is 6.26. The van der Waals surface area contributed by atoms with Crippen LogP contribution in [0.25, 0.3) is 0 Å². The van der Waals surface area contributed by atoms with E-state index in [1.807, 2.05) is 32.0 Å². The first-order valence-corrected chi connectivity index (χ1v) is 5.81. The van der Waals surface area contributed by atoms with Crippen molar-refractivity contribution in [3.8, 4) is 17.6 Å². The number of rotatable bonds is 4. The summed E-state index contributed by atoms with van der Waals surface area (Å²) in [4.78, 5) is 1.03. The standard InChI is InChI=1S/C12H15NOS/c1-3-5-8-15-12-9-10(14-4-2)6-7-11(12)13/h6-7,9H,4,8,13H2,1-2H3. The Hall–Kier alpha value is -1.27. The number of hydrogen-bond acceptors (Lipinski definition) is 3. The fourth-order valence-corrected chi connectivity index (χ4v) is 1.89. The predicted octanol–water partition coefficient (Wildman–Crippen LogP) is 2.78. The third kappa shape index (κ3) is 3.77. The van der Waals surface area contributed by atoms with E-state index in [2.05, 4.69) is 11.8 Å². The van der Waals surface area contributed by atoms with E-state index in [4.69, 9.17) is 10.5 Å². The summed E-state index contributed by atoms with van der Waals surface area (Å²) in [6.07, 6.45) is 0. The largest absolute Gasteiger partial charge is 0.494 e. The lowest BCUT2D eigenvalue weighted by molar-refractivity contribution is 0.339. The Bertz CT molecular complexity index is 379. The van der Waals surface area contributed by atoms with Crippen molar-refractivity contribution in [2.45, 2.75) is 18.7 Å². The molecule has 0 heterocycles. The average molecular weight is 221 g/mol. The van der Waals surface area contributed by atoms with Crippen LogP contribution < -0.4 is 10.5 Å². The van der Waals surface area contributed by atoms with Gasteiger partial charge < -0.3 is 10.5 Å². The molecular formula is C12H15NOS. The van der Waals surface area contributed by atoms with Gasteiger partial charge in [-0.25, -0.2) is 0 Å². The second-order valence-corrected chi connectivity index (χ2v) is 3.87. The maximum Gasteiger partial charge on any atom is 0.120 e. The van der Waals surface area contributed by atoms with Crippen LogP contribution in [0.15, 0.2) is 23.1 Å². The monoisotopic (exact) mass is 221 g/mol. The average Bonchev–Trinajstić information content (AvgIpc) is 2.23. The molecule has 0 radical (unpaired) electrons. The number of thioether (sulfide) groups is 1. The Morgan fingerprint density at radius 2 is 2.27 bits per heavy atom. The van der Waals surface area contributed by atoms with Gasteiger partial charge in [-0.3, -0.25) is 0 Å². The highest BCUT2D eigenvalue weighted by molar-refractivity contribution is 7.99. The maximum absolute atomic E-state index is 5.84. The predicted molar refractivity (Wildman–Crippen MR) is 66.2 cm³/mol. The van der Waals surface area contributed by atoms with Crippen molar-refractivity contribution in [1.29, 1.82) is 0 Å². The first-order chi connectivity index (χ1) is 7.27. The molecule has 2 nitrogen and oxygen atoms in total. The molecule has 0 atom stereocenters. The van der Waals surface area contributed by atoms with E-state index in [0.29, 0.717) is 6.61 Å². The zero-order valence-electron chi connectivity index (χ0n) is 9.04. The Kier molecular flexibility index (Phi) is 4.92. The van der Waals surface area contributed by atoms with Gasteiger partial charge in [0.15, 0.2) is 0 Å². The summed E-state index contributed by atoms with van der Waals surface area (Å²) >= 11 is 1.63. The van der Waals surface area contributed by atoms with Crippen molar-refractivity contribution in [2.24, 2.45) is 0 Å². The first-order valence-electron chi connectivity index (χ1n) is 4.82. The SMILES string of the molecule is CC#CCSc1cc(OCC)ccc1N. The van der Waals surface area contributed by atoms with Gasteiger partial charge in [-0.15, -0.1) is 17.7 Å². The van der Waals surface area contributed by atoms with E-state index < -0.39 is 0 Å². The summed E-state index contributed by atoms with van der Waals surface area (Å²) in [5.41, 5.74) is 6.62. The smallest absolute Gasteiger partial charge is 0.120 e. The van der Waals surface area contributed by atoms with Gasteiger partial charge in [-0.05, 0) is 32.0 Å². The molecule has 0 aliphatic heterocycles. The molecule has 0 aliphatic carbocycles. The third-order valence-electron chi connectivity index (χ3n) is 1.77. The van der Waals surface area contributed by atoms with Crippen LogP contribution in [-0.4, -0.2) is 12.4 Å². The fraction of sp³-hybridized carbons (Fsp3) is 0.333. The Balaban J connectivity index is 2.74. The third-order valence-corrected chi connectivity index (χ3v) is 2.73. The fourth-order valence-electron chi connectivity index (χ4n) is 1.08. The van der Waals surface area contributed by atoms with Crippen LogP contribution in [0.5, 0.6) is 5.75 Å². The first kappa shape index (κ1) is 11.8. The highest BCUT2D eigenvalue weighted by Gasteiger charge is 2.01. The van der Waals surface area contributed by atoms with Crippen LogP contribution in [0.3, 0.4) is 0 Å². The van der Waals surface area contributed by atoms with Gasteiger partial charge in [-0.2, -0.15) is 0 Å². The second-order valence-electron chi connectivity index (χ2n) is 2.85. The Morgan fingerprint density at radius 1 is 1.47 bits per heavy atom. The molecule has 15 heavy (non-hydrogen) atoms. The highest BCUT2D eigenvalue weighted by Crippen LogP contribution is 2.28. The minimum absolute atomic E-state index is 0.669. The summed E-state index contributed by atoms with van der Waals surface area (Å²) in [5.74, 6) is 7.47. The number of benzene rings is 1. The Labute approximate surface area is 95.2 Å². The van der Waals surface area contributed by atoms with E-state index in [-0.39, 0.29) is 0 Å². The maximum atomic E-state index is 5.84. The molecule has 0 bridgehead atoms. The number of ether oxygens (including phenoxy) is 1. The van der Waals surface area contributed by atoms with Crippen LogP contribution in [0.4, 0.5) is 5.69 Å². The summed E-state index contributed by atoms with van der Waals surface area (Å²) < 4.78 is 5.40. The molecule has 0 unspecified atom stereocenters. The van der Waals surface area contributed by atoms with Gasteiger partial charge in [0.05, 0.1) is 12.4 Å². The lowest BCUT2D eigenvalue weighted by atomic mass is 10.3. The van der Waals surface area contributed by atoms with Crippen molar-refractivity contribution >= 4 is 17.4 Å². The molecule has 3 heteroatoms. The molecule has 0 aliphatic rings. The van der Waals surface area contributed by atoms with Gasteiger partial charge in [0.2, 0.25) is 0 Å². The number of nitrogen functional groups attached to an aromatic ring is 1. The molecule has 1 aromatic rings. The van der Waals surface area contributed by atoms with E-state index in [1.165, 1.54) is 0 Å². The lowest BCUT2D eigenvalue weighted by Gasteiger charge is -2.07. The number of hydrogen-bond donors (Lipinski definition) is 1. The quantitative estimate of drug-likeness (QED) is 0.482. The van der Waals surface area contributed by atoms with Crippen molar-refractivity contribution in [3.05, 3.63) is 18.2 Å². The van der Waals surface area contributed by atoms with Crippen molar-refractivity contribution in [1.82, 2.24) is 0 Å². The van der Waals surface area contributed by atoms with Crippen molar-refractivity contribution in [3.63, 3.8) is 0 Å². The van der Waals surface area contributed by atoms with Crippen LogP contribution >= 0.6 is 11.8 Å². The van der Waals surface area contributed by atoms with Crippen LogP contribution in [-0.2, 0) is 0 Å². The van der Waals surface area contributed by atoms with Crippen LogP contribution in [0.2, 0.25) is 0 Å². The zero-order chi connectivity index (χ0) is 11.1. The molecule has 80 valence electrons. The zero-order valence-corrected chi connectivity index (χ0v) is 9.86. The highest BCUT2D eigenvalue weighted by atomic mass is 32.2. The minimum atomic E-state index is 0.669. The van der Waals surface area contributed by atoms with Crippen molar-refractivity contribution in [2.75, 3.05) is 18.1 Å². The molecule has 0 saturated carbocycles. The summed E-state index contributed by atoms with van der Waals surface area (Å²) in [5, 5.41) is 0. The van der Waals surface area contributed by atoms with Crippen LogP contribution in [0.1, 0.15) is 13.8 Å². The molecule has 0 amide bonds. The molecule has 1 aromatic carbocycles. The van der Waals surface area contributed by atoms with E-state index in [1.54, 1.807) is 11.8 Å². The molecule has 2 N–H and O–H groups in total. The van der Waals surface area contributed by atoms with E-state index >= 15 is 0 Å². The topological polar surface area (TPSA) is 35.2 Å². The molecule has 0 fully saturated rings. The van der Waals surface area contributed by atoms with Gasteiger partial charge >= 0.3 is 0 Å². The number of anilines is 1. The van der Waals surface area contributed by atoms with Crippen LogP contribution in [0, 0.1) is 11.8 Å². The molecule has 0 aromatic heterocycles. The van der Waals surface area contributed by atoms with Gasteiger partial charge in [0.1, 0.15) is 5.75 Å².